The van der Waals surface area contributed by atoms with Gasteiger partial charge in [-0.1, -0.05) is 18.6 Å². The molecule has 1 aromatic heterocycles. The maximum Gasteiger partial charge on any atom is 0.286 e. The van der Waals surface area contributed by atoms with Gasteiger partial charge in [0.25, 0.3) is 5.92 Å². The van der Waals surface area contributed by atoms with Crippen molar-refractivity contribution in [3.05, 3.63) is 24.0 Å². The molecule has 162 valence electrons. The Labute approximate surface area is 174 Å². The summed E-state index contributed by atoms with van der Waals surface area (Å²) in [6, 6.07) is 0. The van der Waals surface area contributed by atoms with E-state index in [-0.39, 0.29) is 36.0 Å². The molecule has 5 nitrogen and oxygen atoms in total. The molecule has 1 heterocycles. The van der Waals surface area contributed by atoms with E-state index in [1.54, 1.807) is 12.4 Å². The SMILES string of the molecule is CC12CCC3C4CCC5(O)C(C4=CCC3C1CCC2C(=O)Cn1nccn1)C5(F)F. The molecule has 8 atom stereocenters. The highest BCUT2D eigenvalue weighted by atomic mass is 19.3. The summed E-state index contributed by atoms with van der Waals surface area (Å²) >= 11 is 0. The van der Waals surface area contributed by atoms with Crippen LogP contribution in [0.5, 0.6) is 0 Å². The quantitative estimate of drug-likeness (QED) is 0.763. The van der Waals surface area contributed by atoms with Crippen molar-refractivity contribution in [2.45, 2.75) is 69.9 Å². The molecule has 5 aliphatic carbocycles. The fraction of sp³-hybridized carbons (Fsp3) is 0.783. The van der Waals surface area contributed by atoms with E-state index in [2.05, 4.69) is 23.2 Å². The Morgan fingerprint density at radius 3 is 2.70 bits per heavy atom. The lowest BCUT2D eigenvalue weighted by atomic mass is 9.51. The fourth-order valence-electron chi connectivity index (χ4n) is 8.26. The lowest BCUT2D eigenvalue weighted by molar-refractivity contribution is -0.129. The third kappa shape index (κ3) is 2.28. The first-order valence-electron chi connectivity index (χ1n) is 11.4. The highest BCUT2D eigenvalue weighted by Crippen LogP contribution is 2.72. The van der Waals surface area contributed by atoms with Crippen molar-refractivity contribution in [2.24, 2.45) is 40.9 Å². The zero-order chi connectivity index (χ0) is 20.9. The molecule has 8 unspecified atom stereocenters. The summed E-state index contributed by atoms with van der Waals surface area (Å²) < 4.78 is 28.6. The van der Waals surface area contributed by atoms with Crippen LogP contribution in [0.15, 0.2) is 24.0 Å². The molecule has 0 bridgehead atoms. The molecule has 4 fully saturated rings. The smallest absolute Gasteiger partial charge is 0.286 e. The number of nitrogens with zero attached hydrogens (tertiary/aromatic N) is 3. The minimum atomic E-state index is -2.95. The Kier molecular flexibility index (Phi) is 3.81. The van der Waals surface area contributed by atoms with Gasteiger partial charge in [0.05, 0.1) is 18.3 Å². The lowest BCUT2D eigenvalue weighted by Gasteiger charge is -2.53. The first-order valence-corrected chi connectivity index (χ1v) is 11.4. The molecule has 30 heavy (non-hydrogen) atoms. The first-order chi connectivity index (χ1) is 14.3. The van der Waals surface area contributed by atoms with Crippen LogP contribution < -0.4 is 0 Å². The van der Waals surface area contributed by atoms with Crippen LogP contribution in [-0.4, -0.2) is 37.4 Å². The van der Waals surface area contributed by atoms with Gasteiger partial charge < -0.3 is 5.11 Å². The topological polar surface area (TPSA) is 68.0 Å². The summed E-state index contributed by atoms with van der Waals surface area (Å²) in [5, 5.41) is 18.5. The van der Waals surface area contributed by atoms with Gasteiger partial charge in [-0.05, 0) is 74.0 Å². The van der Waals surface area contributed by atoms with Gasteiger partial charge >= 0.3 is 0 Å². The number of fused-ring (bicyclic) bond motifs is 7. The fourth-order valence-corrected chi connectivity index (χ4v) is 8.26. The number of carbonyl (C=O) groups is 1. The summed E-state index contributed by atoms with van der Waals surface area (Å²) in [6.07, 6.45) is 10.9. The van der Waals surface area contributed by atoms with Gasteiger partial charge in [-0.2, -0.15) is 15.0 Å². The molecule has 4 saturated carbocycles. The molecule has 0 spiro atoms. The van der Waals surface area contributed by atoms with Crippen LogP contribution in [0.25, 0.3) is 0 Å². The molecular weight excluding hydrogens is 388 g/mol. The number of aromatic nitrogens is 3. The van der Waals surface area contributed by atoms with Gasteiger partial charge in [0.2, 0.25) is 0 Å². The van der Waals surface area contributed by atoms with Crippen LogP contribution in [0, 0.1) is 40.9 Å². The van der Waals surface area contributed by atoms with E-state index in [1.165, 1.54) is 4.80 Å². The molecule has 6 rings (SSSR count). The highest BCUT2D eigenvalue weighted by Gasteiger charge is 2.83. The second-order valence-electron chi connectivity index (χ2n) is 10.7. The lowest BCUT2D eigenvalue weighted by Crippen LogP contribution is -2.47. The molecular formula is C23H29F2N3O2. The number of carbonyl (C=O) groups excluding carboxylic acids is 1. The Hall–Kier alpha value is -1.63. The van der Waals surface area contributed by atoms with Crippen molar-refractivity contribution in [1.29, 1.82) is 0 Å². The molecule has 0 aromatic carbocycles. The van der Waals surface area contributed by atoms with Crippen LogP contribution in [0.4, 0.5) is 8.78 Å². The normalized spacial score (nSPS) is 48.1. The Bertz CT molecular complexity index is 916. The van der Waals surface area contributed by atoms with E-state index in [4.69, 9.17) is 0 Å². The minimum Gasteiger partial charge on any atom is -0.383 e. The van der Waals surface area contributed by atoms with Gasteiger partial charge in [0, 0.05) is 5.92 Å². The standard InChI is InChI=1S/C23H29F2N3O2/c1-21-8-6-13-14-7-9-22(30)20(23(22,24)25)16(14)3-2-15(13)17(21)4-5-18(21)19(29)12-28-26-10-11-27-28/h3,10-11,13-15,17-18,20,30H,2,4-9,12H2,1H3. The predicted molar refractivity (Wildman–Crippen MR) is 104 cm³/mol. The molecule has 5 aliphatic rings. The number of Topliss-reactive ketones (excluding diaryl/α,β-unsaturated/α-hetero) is 1. The molecule has 1 N–H and O–H groups in total. The monoisotopic (exact) mass is 417 g/mol. The third-order valence-electron chi connectivity index (χ3n) is 9.72. The molecule has 7 heteroatoms. The highest BCUT2D eigenvalue weighted by molar-refractivity contribution is 5.82. The number of hydrogen-bond acceptors (Lipinski definition) is 4. The number of alkyl halides is 2. The van der Waals surface area contributed by atoms with Crippen molar-refractivity contribution in [1.82, 2.24) is 15.0 Å². The van der Waals surface area contributed by atoms with Crippen molar-refractivity contribution in [3.63, 3.8) is 0 Å². The first kappa shape index (κ1) is 19.1. The van der Waals surface area contributed by atoms with E-state index in [0.29, 0.717) is 24.2 Å². The maximum atomic E-state index is 14.3. The van der Waals surface area contributed by atoms with Gasteiger partial charge in [0.15, 0.2) is 5.78 Å². The molecule has 0 aliphatic heterocycles. The van der Waals surface area contributed by atoms with E-state index >= 15 is 0 Å². The third-order valence-corrected chi connectivity index (χ3v) is 9.72. The number of hydrogen-bond donors (Lipinski definition) is 1. The summed E-state index contributed by atoms with van der Waals surface area (Å²) in [7, 11) is 0. The van der Waals surface area contributed by atoms with Gasteiger partial charge in [-0.25, -0.2) is 8.78 Å². The van der Waals surface area contributed by atoms with Crippen molar-refractivity contribution in [3.8, 4) is 0 Å². The second kappa shape index (κ2) is 5.99. The predicted octanol–water partition coefficient (Wildman–Crippen LogP) is 3.64. The van der Waals surface area contributed by atoms with Gasteiger partial charge in [0.1, 0.15) is 12.1 Å². The average molecular weight is 418 g/mol. The minimum absolute atomic E-state index is 0.0182. The number of allylic oxidation sites excluding steroid dienone is 1. The Morgan fingerprint density at radius 2 is 1.93 bits per heavy atom. The number of aliphatic hydroxyl groups is 1. The maximum absolute atomic E-state index is 14.3. The van der Waals surface area contributed by atoms with Crippen LogP contribution in [0.3, 0.4) is 0 Å². The van der Waals surface area contributed by atoms with Crippen LogP contribution >= 0.6 is 0 Å². The zero-order valence-corrected chi connectivity index (χ0v) is 17.3. The van der Waals surface area contributed by atoms with Crippen molar-refractivity contribution >= 4 is 5.78 Å². The molecule has 0 saturated heterocycles. The van der Waals surface area contributed by atoms with Crippen molar-refractivity contribution in [2.75, 3.05) is 0 Å². The molecule has 1 aromatic rings. The average Bonchev–Trinajstić information content (AvgIpc) is 3.13. The summed E-state index contributed by atoms with van der Waals surface area (Å²) in [5.41, 5.74) is -0.958. The van der Waals surface area contributed by atoms with Gasteiger partial charge in [-0.3, -0.25) is 4.79 Å². The summed E-state index contributed by atoms with van der Waals surface area (Å²) in [5.74, 6) is -2.09. The van der Waals surface area contributed by atoms with Gasteiger partial charge in [-0.15, -0.1) is 0 Å². The largest absolute Gasteiger partial charge is 0.383 e. The molecule has 0 radical (unpaired) electrons. The van der Waals surface area contributed by atoms with Crippen LogP contribution in [0.1, 0.15) is 51.9 Å². The summed E-state index contributed by atoms with van der Waals surface area (Å²) in [6.45, 7) is 2.52. The molecule has 0 amide bonds. The summed E-state index contributed by atoms with van der Waals surface area (Å²) in [4.78, 5) is 14.6. The van der Waals surface area contributed by atoms with E-state index in [1.807, 2.05) is 0 Å². The number of ketones is 1. The van der Waals surface area contributed by atoms with Crippen molar-refractivity contribution < 1.29 is 18.7 Å². The Balaban J connectivity index is 1.24. The van der Waals surface area contributed by atoms with E-state index in [0.717, 1.165) is 37.7 Å². The number of halogens is 2. The zero-order valence-electron chi connectivity index (χ0n) is 17.3. The van der Waals surface area contributed by atoms with Crippen LogP contribution in [-0.2, 0) is 11.3 Å². The second-order valence-corrected chi connectivity index (χ2v) is 10.7. The van der Waals surface area contributed by atoms with E-state index in [9.17, 15) is 18.7 Å². The number of rotatable bonds is 3. The Morgan fingerprint density at radius 1 is 1.17 bits per heavy atom. The van der Waals surface area contributed by atoms with Crippen LogP contribution in [0.2, 0.25) is 0 Å². The van der Waals surface area contributed by atoms with E-state index < -0.39 is 17.4 Å².